The van der Waals surface area contributed by atoms with Gasteiger partial charge in [-0.15, -0.1) is 0 Å². The summed E-state index contributed by atoms with van der Waals surface area (Å²) < 4.78 is 38.4. The molecule has 176 valence electrons. The van der Waals surface area contributed by atoms with Crippen LogP contribution in [-0.4, -0.2) is 38.5 Å². The normalized spacial score (nSPS) is 14.8. The lowest BCUT2D eigenvalue weighted by Gasteiger charge is -2.29. The van der Waals surface area contributed by atoms with Gasteiger partial charge in [-0.3, -0.25) is 0 Å². The molecule has 4 rings (SSSR count). The summed E-state index contributed by atoms with van der Waals surface area (Å²) in [5, 5.41) is 3.63. The van der Waals surface area contributed by atoms with Gasteiger partial charge in [-0.1, -0.05) is 36.4 Å². The van der Waals surface area contributed by atoms with E-state index in [1.54, 1.807) is 56.3 Å². The summed E-state index contributed by atoms with van der Waals surface area (Å²) in [5.74, 6) is -2.17. The molecule has 34 heavy (non-hydrogen) atoms. The Morgan fingerprint density at radius 3 is 1.94 bits per heavy atom. The van der Waals surface area contributed by atoms with Crippen LogP contribution in [0.1, 0.15) is 25.3 Å². The molecular weight excluding hydrogens is 456 g/mol. The van der Waals surface area contributed by atoms with Gasteiger partial charge in [0.15, 0.2) is 0 Å². The van der Waals surface area contributed by atoms with E-state index in [1.165, 1.54) is 36.5 Å². The van der Waals surface area contributed by atoms with Crippen LogP contribution < -0.4 is 5.32 Å². The summed E-state index contributed by atoms with van der Waals surface area (Å²) in [6, 6.07) is 15.0. The second-order valence-corrected chi connectivity index (χ2v) is 9.65. The third kappa shape index (κ3) is 3.67. The molecule has 3 aromatic rings. The van der Waals surface area contributed by atoms with Crippen molar-refractivity contribution < 1.29 is 27.5 Å². The number of dihydropyridines is 1. The summed E-state index contributed by atoms with van der Waals surface area (Å²) in [5.41, 5.74) is 2.30. The van der Waals surface area contributed by atoms with Gasteiger partial charge in [0.2, 0.25) is 0 Å². The number of nitrogens with one attached hydrogen (secondary N) is 1. The lowest BCUT2D eigenvalue weighted by atomic mass is 9.80. The number of methoxy groups -OCH3 is 2. The van der Waals surface area contributed by atoms with Crippen molar-refractivity contribution >= 4 is 32.9 Å². The fourth-order valence-electron chi connectivity index (χ4n) is 4.38. The molecule has 0 amide bonds. The van der Waals surface area contributed by atoms with Crippen molar-refractivity contribution in [2.75, 3.05) is 14.2 Å². The molecule has 0 fully saturated rings. The molecule has 0 spiro atoms. The number of nitrogens with zero attached hydrogens (tertiary/aromatic N) is 1. The van der Waals surface area contributed by atoms with Gasteiger partial charge in [-0.2, -0.15) is 0 Å². The maximum Gasteiger partial charge on any atom is 0.336 e. The maximum absolute atomic E-state index is 13.6. The largest absolute Gasteiger partial charge is 0.466 e. The number of carbonyl (C=O) groups excluding carboxylic acids is 2. The molecule has 2 heterocycles. The zero-order valence-corrected chi connectivity index (χ0v) is 20.0. The van der Waals surface area contributed by atoms with Gasteiger partial charge in [0.05, 0.1) is 41.7 Å². The topological polar surface area (TPSA) is 104 Å². The highest BCUT2D eigenvalue weighted by Crippen LogP contribution is 2.43. The van der Waals surface area contributed by atoms with Crippen LogP contribution >= 0.6 is 0 Å². The SMILES string of the molecule is COC(=O)C1=C(C)NC(C)=C(C(=O)OC)C1c1cn(S(=O)(=O)c2ccccc2)c2ccccc12. The van der Waals surface area contributed by atoms with Crippen molar-refractivity contribution in [2.24, 2.45) is 0 Å². The lowest BCUT2D eigenvalue weighted by molar-refractivity contribution is -0.137. The summed E-state index contributed by atoms with van der Waals surface area (Å²) in [6.07, 6.45) is 1.47. The van der Waals surface area contributed by atoms with Crippen molar-refractivity contribution in [2.45, 2.75) is 24.7 Å². The molecule has 0 unspecified atom stereocenters. The second-order valence-electron chi connectivity index (χ2n) is 7.83. The zero-order valence-electron chi connectivity index (χ0n) is 19.2. The van der Waals surface area contributed by atoms with Gasteiger partial charge < -0.3 is 14.8 Å². The molecule has 0 saturated heterocycles. The fraction of sp³-hybridized carbons (Fsp3) is 0.200. The fourth-order valence-corrected chi connectivity index (χ4v) is 5.78. The second kappa shape index (κ2) is 8.83. The Morgan fingerprint density at radius 2 is 1.38 bits per heavy atom. The summed E-state index contributed by atoms with van der Waals surface area (Å²) in [6.45, 7) is 3.41. The van der Waals surface area contributed by atoms with E-state index in [0.29, 0.717) is 27.9 Å². The Morgan fingerprint density at radius 1 is 0.853 bits per heavy atom. The first-order valence-corrected chi connectivity index (χ1v) is 11.9. The van der Waals surface area contributed by atoms with Crippen LogP contribution in [-0.2, 0) is 29.1 Å². The van der Waals surface area contributed by atoms with E-state index in [4.69, 9.17) is 9.47 Å². The van der Waals surface area contributed by atoms with Gasteiger partial charge in [0.1, 0.15) is 0 Å². The predicted octanol–water partition coefficient (Wildman–Crippen LogP) is 3.46. The molecule has 1 aromatic heterocycles. The predicted molar refractivity (Wildman–Crippen MR) is 126 cm³/mol. The minimum absolute atomic E-state index is 0.118. The molecule has 8 nitrogen and oxygen atoms in total. The molecule has 2 aromatic carbocycles. The minimum atomic E-state index is -3.96. The molecule has 1 N–H and O–H groups in total. The quantitative estimate of drug-likeness (QED) is 0.558. The number of hydrogen-bond acceptors (Lipinski definition) is 7. The third-order valence-electron chi connectivity index (χ3n) is 5.89. The zero-order chi connectivity index (χ0) is 24.6. The van der Waals surface area contributed by atoms with Crippen LogP contribution in [0.4, 0.5) is 0 Å². The first-order chi connectivity index (χ1) is 16.2. The van der Waals surface area contributed by atoms with Crippen molar-refractivity contribution in [3.05, 3.63) is 88.9 Å². The van der Waals surface area contributed by atoms with E-state index in [1.807, 2.05) is 0 Å². The number of hydrogen-bond donors (Lipinski definition) is 1. The average molecular weight is 481 g/mol. The highest BCUT2D eigenvalue weighted by Gasteiger charge is 2.39. The van der Waals surface area contributed by atoms with Crippen molar-refractivity contribution in [1.29, 1.82) is 0 Å². The number of carbonyl (C=O) groups is 2. The van der Waals surface area contributed by atoms with Gasteiger partial charge in [-0.05, 0) is 37.6 Å². The Balaban J connectivity index is 2.06. The van der Waals surface area contributed by atoms with E-state index < -0.39 is 27.9 Å². The summed E-state index contributed by atoms with van der Waals surface area (Å²) in [4.78, 5) is 25.8. The Kier molecular flexibility index (Phi) is 6.05. The number of benzene rings is 2. The van der Waals surface area contributed by atoms with Crippen LogP contribution in [0.15, 0.2) is 88.2 Å². The standard InChI is InChI=1S/C25H24N2O6S/c1-15-21(24(28)32-3)23(22(16(2)26-15)25(29)33-4)19-14-27(20-13-9-8-12-18(19)20)34(30,31)17-10-6-5-7-11-17/h5-14,23,26H,1-4H3. The first-order valence-electron chi connectivity index (χ1n) is 10.5. The first kappa shape index (κ1) is 23.3. The number of allylic oxidation sites excluding steroid dienone is 2. The van der Waals surface area contributed by atoms with Crippen molar-refractivity contribution in [1.82, 2.24) is 9.29 Å². The smallest absolute Gasteiger partial charge is 0.336 e. The maximum atomic E-state index is 13.6. The minimum Gasteiger partial charge on any atom is -0.466 e. The molecule has 0 bridgehead atoms. The highest BCUT2D eigenvalue weighted by atomic mass is 32.2. The molecule has 1 aliphatic rings. The monoisotopic (exact) mass is 480 g/mol. The van der Waals surface area contributed by atoms with E-state index in [9.17, 15) is 18.0 Å². The van der Waals surface area contributed by atoms with Crippen molar-refractivity contribution in [3.63, 3.8) is 0 Å². The Bertz CT molecular complexity index is 1430. The van der Waals surface area contributed by atoms with E-state index >= 15 is 0 Å². The van der Waals surface area contributed by atoms with Gasteiger partial charge in [0, 0.05) is 23.0 Å². The number of para-hydroxylation sites is 1. The van der Waals surface area contributed by atoms with Crippen LogP contribution in [0.5, 0.6) is 0 Å². The number of rotatable bonds is 5. The van der Waals surface area contributed by atoms with Gasteiger partial charge in [0.25, 0.3) is 10.0 Å². The van der Waals surface area contributed by atoms with E-state index in [-0.39, 0.29) is 16.0 Å². The van der Waals surface area contributed by atoms with Crippen LogP contribution in [0.2, 0.25) is 0 Å². The molecular formula is C25H24N2O6S. The van der Waals surface area contributed by atoms with Crippen LogP contribution in [0.25, 0.3) is 10.9 Å². The summed E-state index contributed by atoms with van der Waals surface area (Å²) in [7, 11) is -1.45. The van der Waals surface area contributed by atoms with E-state index in [2.05, 4.69) is 5.32 Å². The Labute approximate surface area is 197 Å². The summed E-state index contributed by atoms with van der Waals surface area (Å²) >= 11 is 0. The molecule has 9 heteroatoms. The number of aromatic nitrogens is 1. The lowest BCUT2D eigenvalue weighted by Crippen LogP contribution is -2.32. The Hall–Kier alpha value is -3.85. The molecule has 0 radical (unpaired) electrons. The van der Waals surface area contributed by atoms with Crippen LogP contribution in [0.3, 0.4) is 0 Å². The van der Waals surface area contributed by atoms with Gasteiger partial charge in [-0.25, -0.2) is 22.0 Å². The number of esters is 2. The van der Waals surface area contributed by atoms with Gasteiger partial charge >= 0.3 is 11.9 Å². The van der Waals surface area contributed by atoms with E-state index in [0.717, 1.165) is 0 Å². The highest BCUT2D eigenvalue weighted by molar-refractivity contribution is 7.90. The number of fused-ring (bicyclic) bond motifs is 1. The molecule has 1 aliphatic heterocycles. The average Bonchev–Trinajstić information content (AvgIpc) is 3.23. The number of ether oxygens (including phenoxy) is 2. The van der Waals surface area contributed by atoms with Crippen LogP contribution in [0, 0.1) is 0 Å². The van der Waals surface area contributed by atoms with Crippen molar-refractivity contribution in [3.8, 4) is 0 Å². The molecule has 0 saturated carbocycles. The third-order valence-corrected chi connectivity index (χ3v) is 7.58. The molecule has 0 atom stereocenters. The molecule has 0 aliphatic carbocycles.